The first-order valence-electron chi connectivity index (χ1n) is 7.06. The minimum atomic E-state index is -0.168. The molecule has 0 fully saturated rings. The fourth-order valence-electron chi connectivity index (χ4n) is 1.91. The van der Waals surface area contributed by atoms with Gasteiger partial charge in [0.2, 0.25) is 5.54 Å². The van der Waals surface area contributed by atoms with Gasteiger partial charge in [-0.3, -0.25) is 4.79 Å². The maximum atomic E-state index is 9.89. The quantitative estimate of drug-likeness (QED) is 0.294. The van der Waals surface area contributed by atoms with Crippen LogP contribution in [-0.2, 0) is 9.53 Å². The Hall–Kier alpha value is -1.04. The summed E-state index contributed by atoms with van der Waals surface area (Å²) in [6.45, 7) is 12.2. The first kappa shape index (κ1) is 17.0. The molecule has 0 aromatic carbocycles. The lowest BCUT2D eigenvalue weighted by Gasteiger charge is -2.10. The molecule has 0 amide bonds. The van der Waals surface area contributed by atoms with E-state index in [2.05, 4.69) is 9.58 Å². The van der Waals surface area contributed by atoms with Gasteiger partial charge < -0.3 is 9.58 Å². The summed E-state index contributed by atoms with van der Waals surface area (Å²) >= 11 is 0. The molecule has 0 atom stereocenters. The van der Waals surface area contributed by atoms with Crippen LogP contribution in [0.4, 0.5) is 0 Å². The van der Waals surface area contributed by atoms with Gasteiger partial charge in [-0.15, -0.1) is 0 Å². The molecule has 0 heterocycles. The maximum absolute atomic E-state index is 9.89. The average molecular weight is 253 g/mol. The van der Waals surface area contributed by atoms with E-state index < -0.39 is 0 Å². The molecular weight excluding hydrogens is 226 g/mol. The molecular formula is C15H27NO2. The second kappa shape index (κ2) is 11.1. The zero-order valence-electron chi connectivity index (χ0n) is 11.9. The van der Waals surface area contributed by atoms with Gasteiger partial charge in [-0.2, -0.15) is 0 Å². The Morgan fingerprint density at radius 1 is 1.00 bits per heavy atom. The Bertz CT molecular complexity index is 243. The van der Waals surface area contributed by atoms with Crippen molar-refractivity contribution in [1.82, 2.24) is 0 Å². The van der Waals surface area contributed by atoms with E-state index in [1.165, 1.54) is 38.5 Å². The molecule has 3 nitrogen and oxygen atoms in total. The van der Waals surface area contributed by atoms with Crippen molar-refractivity contribution in [3.8, 4) is 0 Å². The number of ether oxygens (including phenoxy) is 1. The Labute approximate surface area is 112 Å². The molecule has 0 rings (SSSR count). The molecule has 0 bridgehead atoms. The lowest BCUT2D eigenvalue weighted by atomic mass is 9.97. The zero-order chi connectivity index (χ0) is 13.7. The van der Waals surface area contributed by atoms with Gasteiger partial charge in [-0.1, -0.05) is 38.5 Å². The van der Waals surface area contributed by atoms with Gasteiger partial charge in [0, 0.05) is 20.3 Å². The third kappa shape index (κ3) is 11.4. The SMILES string of the molecule is [C-]#[N+]C(C)(C)CCCCCCCCCCOC=O. The minimum Gasteiger partial charge on any atom is -0.468 e. The average Bonchev–Trinajstić information content (AvgIpc) is 2.36. The van der Waals surface area contributed by atoms with Crippen LogP contribution >= 0.6 is 0 Å². The highest BCUT2D eigenvalue weighted by molar-refractivity contribution is 5.36. The van der Waals surface area contributed by atoms with Crippen LogP contribution in [0.25, 0.3) is 4.85 Å². The van der Waals surface area contributed by atoms with Gasteiger partial charge in [0.25, 0.3) is 6.47 Å². The van der Waals surface area contributed by atoms with Gasteiger partial charge >= 0.3 is 0 Å². The summed E-state index contributed by atoms with van der Waals surface area (Å²) in [5, 5.41) is 0. The number of hydrogen-bond donors (Lipinski definition) is 0. The van der Waals surface area contributed by atoms with E-state index in [-0.39, 0.29) is 5.54 Å². The summed E-state index contributed by atoms with van der Waals surface area (Å²) < 4.78 is 4.63. The van der Waals surface area contributed by atoms with Gasteiger partial charge in [0.15, 0.2) is 0 Å². The number of unbranched alkanes of at least 4 members (excludes halogenated alkanes) is 7. The first-order chi connectivity index (χ1) is 8.62. The predicted octanol–water partition coefficient (Wildman–Crippen LogP) is 4.37. The van der Waals surface area contributed by atoms with Crippen LogP contribution in [0.5, 0.6) is 0 Å². The van der Waals surface area contributed by atoms with Crippen molar-refractivity contribution in [2.75, 3.05) is 6.61 Å². The highest BCUT2D eigenvalue weighted by Crippen LogP contribution is 2.19. The molecule has 0 unspecified atom stereocenters. The molecule has 0 aromatic rings. The summed E-state index contributed by atoms with van der Waals surface area (Å²) in [6.07, 6.45) is 10.6. The Kier molecular flexibility index (Phi) is 10.4. The summed E-state index contributed by atoms with van der Waals surface area (Å²) in [5.41, 5.74) is -0.168. The third-order valence-corrected chi connectivity index (χ3v) is 3.17. The van der Waals surface area contributed by atoms with Gasteiger partial charge in [-0.25, -0.2) is 6.57 Å². The van der Waals surface area contributed by atoms with Crippen molar-refractivity contribution >= 4 is 6.47 Å². The van der Waals surface area contributed by atoms with Crippen LogP contribution in [0.2, 0.25) is 0 Å². The number of hydrogen-bond acceptors (Lipinski definition) is 2. The second-order valence-corrected chi connectivity index (χ2v) is 5.47. The number of carbonyl (C=O) groups excluding carboxylic acids is 1. The van der Waals surface area contributed by atoms with Crippen LogP contribution < -0.4 is 0 Å². The topological polar surface area (TPSA) is 30.7 Å². The van der Waals surface area contributed by atoms with Gasteiger partial charge in [0.05, 0.1) is 6.61 Å². The van der Waals surface area contributed by atoms with Gasteiger partial charge in [0.1, 0.15) is 0 Å². The number of rotatable bonds is 12. The molecule has 0 saturated heterocycles. The molecule has 0 aliphatic carbocycles. The van der Waals surface area contributed by atoms with Crippen LogP contribution in [0.1, 0.15) is 71.6 Å². The third-order valence-electron chi connectivity index (χ3n) is 3.17. The second-order valence-electron chi connectivity index (χ2n) is 5.47. The molecule has 0 aromatic heterocycles. The predicted molar refractivity (Wildman–Crippen MR) is 74.3 cm³/mol. The molecule has 0 aliphatic rings. The normalized spacial score (nSPS) is 10.9. The lowest BCUT2D eigenvalue weighted by Crippen LogP contribution is -2.12. The fourth-order valence-corrected chi connectivity index (χ4v) is 1.91. The zero-order valence-corrected chi connectivity index (χ0v) is 11.9. The van der Waals surface area contributed by atoms with Crippen molar-refractivity contribution < 1.29 is 9.53 Å². The summed E-state index contributed by atoms with van der Waals surface area (Å²) in [4.78, 5) is 13.5. The van der Waals surface area contributed by atoms with Crippen molar-refractivity contribution in [1.29, 1.82) is 0 Å². The Morgan fingerprint density at radius 3 is 2.00 bits per heavy atom. The largest absolute Gasteiger partial charge is 0.468 e. The molecule has 0 spiro atoms. The molecule has 18 heavy (non-hydrogen) atoms. The van der Waals surface area contributed by atoms with E-state index in [4.69, 9.17) is 6.57 Å². The molecule has 0 aliphatic heterocycles. The first-order valence-corrected chi connectivity index (χ1v) is 7.06. The standard InChI is InChI=1S/C15H27NO2/c1-15(2,16-3)12-10-8-6-4-5-7-9-11-13-18-14-17/h14H,4-13H2,1-2H3. The van der Waals surface area contributed by atoms with E-state index in [1.807, 2.05) is 13.8 Å². The van der Waals surface area contributed by atoms with E-state index in [0.717, 1.165) is 19.3 Å². The van der Waals surface area contributed by atoms with E-state index in [9.17, 15) is 4.79 Å². The number of nitrogens with zero attached hydrogens (tertiary/aromatic N) is 1. The fraction of sp³-hybridized carbons (Fsp3) is 0.867. The van der Waals surface area contributed by atoms with Gasteiger partial charge in [-0.05, 0) is 12.8 Å². The van der Waals surface area contributed by atoms with Crippen LogP contribution in [0.15, 0.2) is 0 Å². The van der Waals surface area contributed by atoms with Crippen LogP contribution in [0, 0.1) is 6.57 Å². The highest BCUT2D eigenvalue weighted by atomic mass is 16.5. The van der Waals surface area contributed by atoms with Crippen LogP contribution in [0.3, 0.4) is 0 Å². The smallest absolute Gasteiger partial charge is 0.293 e. The van der Waals surface area contributed by atoms with Crippen molar-refractivity contribution in [3.63, 3.8) is 0 Å². The van der Waals surface area contributed by atoms with E-state index >= 15 is 0 Å². The number of carbonyl (C=O) groups is 1. The summed E-state index contributed by atoms with van der Waals surface area (Å²) in [6, 6.07) is 0. The molecule has 3 heteroatoms. The van der Waals surface area contributed by atoms with E-state index in [1.54, 1.807) is 0 Å². The maximum Gasteiger partial charge on any atom is 0.293 e. The Balaban J connectivity index is 3.13. The molecule has 104 valence electrons. The van der Waals surface area contributed by atoms with E-state index in [0.29, 0.717) is 13.1 Å². The van der Waals surface area contributed by atoms with Crippen molar-refractivity contribution in [2.45, 2.75) is 77.2 Å². The van der Waals surface area contributed by atoms with Crippen LogP contribution in [-0.4, -0.2) is 18.6 Å². The van der Waals surface area contributed by atoms with Crippen molar-refractivity contribution in [2.24, 2.45) is 0 Å². The summed E-state index contributed by atoms with van der Waals surface area (Å²) in [5.74, 6) is 0. The van der Waals surface area contributed by atoms with Crippen molar-refractivity contribution in [3.05, 3.63) is 11.4 Å². The highest BCUT2D eigenvalue weighted by Gasteiger charge is 2.21. The lowest BCUT2D eigenvalue weighted by molar-refractivity contribution is -0.128. The minimum absolute atomic E-state index is 0.168. The molecule has 0 N–H and O–H groups in total. The monoisotopic (exact) mass is 253 g/mol. The molecule has 0 saturated carbocycles. The summed E-state index contributed by atoms with van der Waals surface area (Å²) in [7, 11) is 0. The molecule has 0 radical (unpaired) electrons. The Morgan fingerprint density at radius 2 is 1.50 bits per heavy atom.